The normalized spacial score (nSPS) is 12.7. The number of ether oxygens (including phenoxy) is 2. The smallest absolute Gasteiger partial charge is 0.264 e. The number of aryl methyl sites for hydroxylation is 1. The topological polar surface area (TPSA) is 97.3 Å². The number of carbonyl (C=O) groups is 1. The standard InChI is InChI=1S/C23H20BrN3O5S/c1-16-6-5-7-18(10-16)27(33(29,30)19-8-3-2-4-9-19)14-23(28)26-25-13-17-11-21-22(12-20(17)24)32-15-31-21/h2-13H,14-15H2,1H3,(H,26,28)/b25-13-. The highest BCUT2D eigenvalue weighted by Crippen LogP contribution is 2.36. The van der Waals surface area contributed by atoms with Gasteiger partial charge in [0.25, 0.3) is 15.9 Å². The van der Waals surface area contributed by atoms with E-state index in [1.54, 1.807) is 48.5 Å². The second-order valence-electron chi connectivity index (χ2n) is 7.18. The zero-order valence-electron chi connectivity index (χ0n) is 17.6. The highest BCUT2D eigenvalue weighted by atomic mass is 79.9. The molecule has 1 aliphatic rings. The second kappa shape index (κ2) is 9.63. The number of halogens is 1. The number of amides is 1. The summed E-state index contributed by atoms with van der Waals surface area (Å²) < 4.78 is 39.0. The number of hydrogen-bond acceptors (Lipinski definition) is 6. The van der Waals surface area contributed by atoms with E-state index in [1.807, 2.05) is 13.0 Å². The number of nitrogens with one attached hydrogen (secondary N) is 1. The fourth-order valence-corrected chi connectivity index (χ4v) is 5.05. The van der Waals surface area contributed by atoms with Crippen LogP contribution in [-0.4, -0.2) is 33.9 Å². The lowest BCUT2D eigenvalue weighted by atomic mass is 10.2. The molecule has 1 amide bonds. The summed E-state index contributed by atoms with van der Waals surface area (Å²) in [5.41, 5.74) is 4.31. The molecule has 8 nitrogen and oxygen atoms in total. The third-order valence-corrected chi connectivity index (χ3v) is 7.27. The predicted molar refractivity (Wildman–Crippen MR) is 128 cm³/mol. The molecule has 0 atom stereocenters. The van der Waals surface area contributed by atoms with Crippen LogP contribution in [0.5, 0.6) is 11.5 Å². The van der Waals surface area contributed by atoms with E-state index >= 15 is 0 Å². The first-order valence-electron chi connectivity index (χ1n) is 9.90. The molecule has 0 bridgehead atoms. The molecular formula is C23H20BrN3O5S. The van der Waals surface area contributed by atoms with Gasteiger partial charge in [-0.25, -0.2) is 13.8 Å². The van der Waals surface area contributed by atoms with Crippen molar-refractivity contribution in [3.63, 3.8) is 0 Å². The Morgan fingerprint density at radius 2 is 1.82 bits per heavy atom. The van der Waals surface area contributed by atoms with Crippen molar-refractivity contribution in [2.45, 2.75) is 11.8 Å². The van der Waals surface area contributed by atoms with E-state index in [2.05, 4.69) is 26.5 Å². The molecule has 1 N–H and O–H groups in total. The first kappa shape index (κ1) is 22.8. The molecule has 0 spiro atoms. The van der Waals surface area contributed by atoms with Crippen LogP contribution in [0, 0.1) is 6.92 Å². The molecule has 1 heterocycles. The average molecular weight is 530 g/mol. The van der Waals surface area contributed by atoms with Crippen molar-refractivity contribution in [3.05, 3.63) is 82.3 Å². The fourth-order valence-electron chi connectivity index (χ4n) is 3.19. The minimum absolute atomic E-state index is 0.0899. The van der Waals surface area contributed by atoms with Crippen molar-refractivity contribution in [3.8, 4) is 11.5 Å². The van der Waals surface area contributed by atoms with Gasteiger partial charge in [0.1, 0.15) is 6.54 Å². The molecule has 0 saturated heterocycles. The van der Waals surface area contributed by atoms with Crippen LogP contribution in [0.2, 0.25) is 0 Å². The van der Waals surface area contributed by atoms with E-state index < -0.39 is 22.5 Å². The van der Waals surface area contributed by atoms with Crippen LogP contribution < -0.4 is 19.2 Å². The molecule has 0 radical (unpaired) electrons. The van der Waals surface area contributed by atoms with Crippen molar-refractivity contribution in [1.29, 1.82) is 0 Å². The Morgan fingerprint density at radius 1 is 1.09 bits per heavy atom. The number of rotatable bonds is 7. The molecule has 0 fully saturated rings. The van der Waals surface area contributed by atoms with E-state index in [0.717, 1.165) is 9.87 Å². The second-order valence-corrected chi connectivity index (χ2v) is 9.90. The first-order chi connectivity index (χ1) is 15.8. The summed E-state index contributed by atoms with van der Waals surface area (Å²) in [5, 5.41) is 3.97. The van der Waals surface area contributed by atoms with Gasteiger partial charge >= 0.3 is 0 Å². The van der Waals surface area contributed by atoms with Crippen molar-refractivity contribution >= 4 is 43.8 Å². The van der Waals surface area contributed by atoms with Crippen LogP contribution in [0.25, 0.3) is 0 Å². The summed E-state index contributed by atoms with van der Waals surface area (Å²) in [5.74, 6) is 0.595. The zero-order chi connectivity index (χ0) is 23.4. The maximum atomic E-state index is 13.3. The molecule has 33 heavy (non-hydrogen) atoms. The summed E-state index contributed by atoms with van der Waals surface area (Å²) in [6.07, 6.45) is 1.44. The Morgan fingerprint density at radius 3 is 2.55 bits per heavy atom. The largest absolute Gasteiger partial charge is 0.454 e. The monoisotopic (exact) mass is 529 g/mol. The maximum absolute atomic E-state index is 13.3. The lowest BCUT2D eigenvalue weighted by Gasteiger charge is -2.24. The van der Waals surface area contributed by atoms with Crippen molar-refractivity contribution in [2.24, 2.45) is 5.10 Å². The van der Waals surface area contributed by atoms with E-state index in [-0.39, 0.29) is 11.7 Å². The highest BCUT2D eigenvalue weighted by molar-refractivity contribution is 9.10. The molecule has 0 unspecified atom stereocenters. The lowest BCUT2D eigenvalue weighted by Crippen LogP contribution is -2.39. The van der Waals surface area contributed by atoms with E-state index in [9.17, 15) is 13.2 Å². The maximum Gasteiger partial charge on any atom is 0.264 e. The molecular weight excluding hydrogens is 510 g/mol. The number of anilines is 1. The molecule has 1 aliphatic heterocycles. The van der Waals surface area contributed by atoms with E-state index in [0.29, 0.717) is 27.2 Å². The number of nitrogens with zero attached hydrogens (tertiary/aromatic N) is 2. The number of hydrogen-bond donors (Lipinski definition) is 1. The van der Waals surface area contributed by atoms with Crippen molar-refractivity contribution in [1.82, 2.24) is 5.43 Å². The summed E-state index contributed by atoms with van der Waals surface area (Å²) in [6.45, 7) is 1.55. The van der Waals surface area contributed by atoms with Gasteiger partial charge in [-0.1, -0.05) is 30.3 Å². The van der Waals surface area contributed by atoms with Gasteiger partial charge in [0.05, 0.1) is 16.8 Å². The van der Waals surface area contributed by atoms with Crippen molar-refractivity contribution in [2.75, 3.05) is 17.6 Å². The molecule has 4 rings (SSSR count). The minimum Gasteiger partial charge on any atom is -0.454 e. The van der Waals surface area contributed by atoms with Gasteiger partial charge in [-0.05, 0) is 64.8 Å². The highest BCUT2D eigenvalue weighted by Gasteiger charge is 2.27. The van der Waals surface area contributed by atoms with Gasteiger partial charge < -0.3 is 9.47 Å². The summed E-state index contributed by atoms with van der Waals surface area (Å²) in [7, 11) is -3.97. The van der Waals surface area contributed by atoms with Gasteiger partial charge in [0, 0.05) is 10.0 Å². The molecule has 170 valence electrons. The summed E-state index contributed by atoms with van der Waals surface area (Å²) in [4.78, 5) is 12.8. The number of fused-ring (bicyclic) bond motifs is 1. The van der Waals surface area contributed by atoms with Crippen LogP contribution in [0.1, 0.15) is 11.1 Å². The Labute approximate surface area is 200 Å². The number of benzene rings is 3. The molecule has 3 aromatic carbocycles. The van der Waals surface area contributed by atoms with Crippen LogP contribution in [-0.2, 0) is 14.8 Å². The zero-order valence-corrected chi connectivity index (χ0v) is 20.0. The van der Waals surface area contributed by atoms with Gasteiger partial charge in [0.15, 0.2) is 11.5 Å². The van der Waals surface area contributed by atoms with Crippen LogP contribution >= 0.6 is 15.9 Å². The van der Waals surface area contributed by atoms with Crippen LogP contribution in [0.4, 0.5) is 5.69 Å². The Balaban J connectivity index is 1.54. The van der Waals surface area contributed by atoms with Gasteiger partial charge in [0.2, 0.25) is 6.79 Å². The number of hydrazone groups is 1. The molecule has 0 aliphatic carbocycles. The average Bonchev–Trinajstić information content (AvgIpc) is 3.25. The molecule has 10 heteroatoms. The number of sulfonamides is 1. The Hall–Kier alpha value is -3.37. The van der Waals surface area contributed by atoms with Crippen LogP contribution in [0.15, 0.2) is 81.2 Å². The van der Waals surface area contributed by atoms with E-state index in [4.69, 9.17) is 9.47 Å². The number of carbonyl (C=O) groups excluding carboxylic acids is 1. The third kappa shape index (κ3) is 5.18. The first-order valence-corrected chi connectivity index (χ1v) is 12.1. The third-order valence-electron chi connectivity index (χ3n) is 4.79. The summed E-state index contributed by atoms with van der Waals surface area (Å²) >= 11 is 3.42. The fraction of sp³-hybridized carbons (Fsp3) is 0.130. The Kier molecular flexibility index (Phi) is 6.66. The predicted octanol–water partition coefficient (Wildman–Crippen LogP) is 3.83. The van der Waals surface area contributed by atoms with Crippen LogP contribution in [0.3, 0.4) is 0 Å². The van der Waals surface area contributed by atoms with Gasteiger partial charge in [-0.15, -0.1) is 0 Å². The SMILES string of the molecule is Cc1cccc(N(CC(=O)N/N=C\c2cc3c(cc2Br)OCO3)S(=O)(=O)c2ccccc2)c1. The minimum atomic E-state index is -3.97. The summed E-state index contributed by atoms with van der Waals surface area (Å²) in [6, 6.07) is 18.4. The van der Waals surface area contributed by atoms with Gasteiger partial charge in [-0.2, -0.15) is 5.10 Å². The van der Waals surface area contributed by atoms with Gasteiger partial charge in [-0.3, -0.25) is 9.10 Å². The van der Waals surface area contributed by atoms with E-state index in [1.165, 1.54) is 18.3 Å². The quantitative estimate of drug-likeness (QED) is 0.370. The lowest BCUT2D eigenvalue weighted by molar-refractivity contribution is -0.119. The molecule has 0 aromatic heterocycles. The molecule has 0 saturated carbocycles. The Bertz CT molecular complexity index is 1310. The molecule has 3 aromatic rings. The van der Waals surface area contributed by atoms with Crippen molar-refractivity contribution < 1.29 is 22.7 Å².